The maximum Gasteiger partial charge on any atom is 0.281 e. The van der Waals surface area contributed by atoms with E-state index in [1.165, 1.54) is 0 Å². The van der Waals surface area contributed by atoms with Crippen LogP contribution in [-0.2, 0) is 5.88 Å². The molecule has 0 fully saturated rings. The van der Waals surface area contributed by atoms with Crippen LogP contribution < -0.4 is 11.1 Å². The number of hydrogen-bond acceptors (Lipinski definition) is 2. The molecule has 11 heavy (non-hydrogen) atoms. The fourth-order valence-electron chi connectivity index (χ4n) is 0.600. The monoisotopic (exact) mass is 194 g/mol. The molecule has 60 valence electrons. The number of halogens is 2. The highest BCUT2D eigenvalue weighted by molar-refractivity contribution is 6.31. The highest BCUT2D eigenvalue weighted by atomic mass is 35.5. The van der Waals surface area contributed by atoms with Crippen LogP contribution in [0.5, 0.6) is 0 Å². The molecule has 0 aliphatic carbocycles. The zero-order valence-corrected chi connectivity index (χ0v) is 6.79. The van der Waals surface area contributed by atoms with Crippen molar-refractivity contribution in [2.24, 2.45) is 0 Å². The van der Waals surface area contributed by atoms with Gasteiger partial charge in [-0.05, 0) is 0 Å². The van der Waals surface area contributed by atoms with Crippen LogP contribution in [0, 0.1) is 0 Å². The first-order valence-corrected chi connectivity index (χ1v) is 3.63. The molecule has 0 unspecified atom stereocenters. The van der Waals surface area contributed by atoms with Gasteiger partial charge in [0.1, 0.15) is 5.02 Å². The van der Waals surface area contributed by atoms with Crippen LogP contribution in [0.4, 0.5) is 0 Å². The van der Waals surface area contributed by atoms with E-state index in [1.807, 2.05) is 0 Å². The van der Waals surface area contributed by atoms with Gasteiger partial charge >= 0.3 is 0 Å². The van der Waals surface area contributed by atoms with E-state index in [0.717, 1.165) is 0 Å². The topological polar surface area (TPSA) is 65.7 Å². The van der Waals surface area contributed by atoms with E-state index >= 15 is 0 Å². The minimum absolute atomic E-state index is 0.0713. The summed E-state index contributed by atoms with van der Waals surface area (Å²) in [6, 6.07) is 0. The Morgan fingerprint density at radius 3 is 2.18 bits per heavy atom. The summed E-state index contributed by atoms with van der Waals surface area (Å²) in [5.41, 5.74) is -0.913. The lowest BCUT2D eigenvalue weighted by molar-refractivity contribution is 0.930. The van der Waals surface area contributed by atoms with Crippen LogP contribution in [0.1, 0.15) is 5.56 Å². The number of alkyl halides is 1. The lowest BCUT2D eigenvalue weighted by Crippen LogP contribution is -2.22. The molecule has 6 heteroatoms. The van der Waals surface area contributed by atoms with Gasteiger partial charge in [0, 0.05) is 0 Å². The summed E-state index contributed by atoms with van der Waals surface area (Å²) in [6.07, 6.45) is 0. The van der Waals surface area contributed by atoms with Crippen molar-refractivity contribution in [2.75, 3.05) is 0 Å². The zero-order chi connectivity index (χ0) is 8.43. The Morgan fingerprint density at radius 2 is 1.73 bits per heavy atom. The van der Waals surface area contributed by atoms with Crippen LogP contribution in [-0.4, -0.2) is 10.2 Å². The third-order valence-electron chi connectivity index (χ3n) is 1.16. The molecular formula is C5H4Cl2N2O2. The molecule has 1 rings (SSSR count). The summed E-state index contributed by atoms with van der Waals surface area (Å²) in [4.78, 5) is 21.6. The first kappa shape index (κ1) is 8.36. The summed E-state index contributed by atoms with van der Waals surface area (Å²) < 4.78 is 0. The van der Waals surface area contributed by atoms with Gasteiger partial charge in [0.05, 0.1) is 11.4 Å². The Hall–Kier alpha value is -0.740. The summed E-state index contributed by atoms with van der Waals surface area (Å²) >= 11 is 10.8. The first-order chi connectivity index (χ1) is 5.16. The SMILES string of the molecule is O=c1[nH][nH]c(=O)c(CCl)c1Cl. The molecule has 4 nitrogen and oxygen atoms in total. The summed E-state index contributed by atoms with van der Waals surface area (Å²) in [5.74, 6) is -0.0713. The van der Waals surface area contributed by atoms with Gasteiger partial charge in [-0.15, -0.1) is 11.6 Å². The lowest BCUT2D eigenvalue weighted by Gasteiger charge is -1.94. The minimum Gasteiger partial charge on any atom is -0.268 e. The smallest absolute Gasteiger partial charge is 0.268 e. The standard InChI is InChI=1S/C5H4Cl2N2O2/c6-1-2-3(7)5(11)9-8-4(2)10/h1H2,(H,8,10)(H,9,11). The van der Waals surface area contributed by atoms with Crippen LogP contribution in [0.15, 0.2) is 9.59 Å². The third kappa shape index (κ3) is 1.46. The van der Waals surface area contributed by atoms with E-state index in [4.69, 9.17) is 23.2 Å². The largest absolute Gasteiger partial charge is 0.281 e. The van der Waals surface area contributed by atoms with Gasteiger partial charge in [0.2, 0.25) is 0 Å². The normalized spacial score (nSPS) is 10.0. The van der Waals surface area contributed by atoms with Crippen LogP contribution in [0.3, 0.4) is 0 Å². The average molecular weight is 195 g/mol. The first-order valence-electron chi connectivity index (χ1n) is 2.72. The molecule has 1 aromatic rings. The molecule has 0 radical (unpaired) electrons. The van der Waals surface area contributed by atoms with Crippen LogP contribution in [0.25, 0.3) is 0 Å². The number of hydrogen-bond donors (Lipinski definition) is 2. The van der Waals surface area contributed by atoms with Crippen molar-refractivity contribution < 1.29 is 0 Å². The predicted octanol–water partition coefficient (Wildman–Crippen LogP) is 0.455. The van der Waals surface area contributed by atoms with Crippen LogP contribution >= 0.6 is 23.2 Å². The number of aromatic nitrogens is 2. The molecule has 1 heterocycles. The Balaban J connectivity index is 3.54. The molecule has 0 aliphatic heterocycles. The van der Waals surface area contributed by atoms with Gasteiger partial charge in [-0.2, -0.15) is 0 Å². The maximum atomic E-state index is 10.8. The van der Waals surface area contributed by atoms with Crippen molar-refractivity contribution in [2.45, 2.75) is 5.88 Å². The second-order valence-corrected chi connectivity index (χ2v) is 2.48. The van der Waals surface area contributed by atoms with Gasteiger partial charge in [0.15, 0.2) is 0 Å². The fourth-order valence-corrected chi connectivity index (χ4v) is 1.12. The molecule has 0 saturated heterocycles. The predicted molar refractivity (Wildman–Crippen MR) is 42.3 cm³/mol. The highest BCUT2D eigenvalue weighted by Gasteiger charge is 2.06. The van der Waals surface area contributed by atoms with E-state index in [1.54, 1.807) is 0 Å². The number of aromatic amines is 2. The Kier molecular flexibility index (Phi) is 2.36. The Morgan fingerprint density at radius 1 is 1.18 bits per heavy atom. The molecule has 0 bridgehead atoms. The molecule has 0 aromatic carbocycles. The highest BCUT2D eigenvalue weighted by Crippen LogP contribution is 2.05. The van der Waals surface area contributed by atoms with E-state index in [-0.39, 0.29) is 16.5 Å². The third-order valence-corrected chi connectivity index (χ3v) is 1.83. The van der Waals surface area contributed by atoms with Crippen molar-refractivity contribution >= 4 is 23.2 Å². The summed E-state index contributed by atoms with van der Waals surface area (Å²) in [7, 11) is 0. The molecule has 0 amide bonds. The van der Waals surface area contributed by atoms with Crippen molar-refractivity contribution in [1.82, 2.24) is 10.2 Å². The van der Waals surface area contributed by atoms with Crippen molar-refractivity contribution in [1.29, 1.82) is 0 Å². The van der Waals surface area contributed by atoms with Crippen molar-refractivity contribution in [3.8, 4) is 0 Å². The zero-order valence-electron chi connectivity index (χ0n) is 5.28. The van der Waals surface area contributed by atoms with Crippen molar-refractivity contribution in [3.05, 3.63) is 31.3 Å². The van der Waals surface area contributed by atoms with Gasteiger partial charge < -0.3 is 0 Å². The number of H-pyrrole nitrogens is 2. The van der Waals surface area contributed by atoms with E-state index in [2.05, 4.69) is 10.2 Å². The second-order valence-electron chi connectivity index (χ2n) is 1.83. The lowest BCUT2D eigenvalue weighted by atomic mass is 10.3. The summed E-state index contributed by atoms with van der Waals surface area (Å²) in [6.45, 7) is 0. The molecule has 0 spiro atoms. The average Bonchev–Trinajstić information content (AvgIpc) is 1.99. The fraction of sp³-hybridized carbons (Fsp3) is 0.200. The van der Waals surface area contributed by atoms with Gasteiger partial charge in [-0.3, -0.25) is 19.8 Å². The maximum absolute atomic E-state index is 10.8. The Labute approximate surface area is 71.1 Å². The van der Waals surface area contributed by atoms with E-state index in [9.17, 15) is 9.59 Å². The quantitative estimate of drug-likeness (QED) is 0.639. The minimum atomic E-state index is -0.540. The van der Waals surface area contributed by atoms with Gasteiger partial charge in [-0.25, -0.2) is 0 Å². The van der Waals surface area contributed by atoms with Crippen molar-refractivity contribution in [3.63, 3.8) is 0 Å². The molecular weight excluding hydrogens is 191 g/mol. The molecule has 0 atom stereocenters. The van der Waals surface area contributed by atoms with E-state index < -0.39 is 11.1 Å². The second kappa shape index (κ2) is 3.11. The number of nitrogens with one attached hydrogen (secondary N) is 2. The summed E-state index contributed by atoms with van der Waals surface area (Å²) in [5, 5.41) is 4.01. The number of rotatable bonds is 1. The molecule has 0 saturated carbocycles. The van der Waals surface area contributed by atoms with Gasteiger partial charge in [0.25, 0.3) is 11.1 Å². The molecule has 0 aliphatic rings. The van der Waals surface area contributed by atoms with Gasteiger partial charge in [-0.1, -0.05) is 11.6 Å². The molecule has 2 N–H and O–H groups in total. The van der Waals surface area contributed by atoms with E-state index in [0.29, 0.717) is 0 Å². The molecule has 1 aromatic heterocycles. The van der Waals surface area contributed by atoms with Crippen LogP contribution in [0.2, 0.25) is 5.02 Å². The Bertz CT molecular complexity index is 367.